The minimum Gasteiger partial charge on any atom is -0.397 e. The predicted molar refractivity (Wildman–Crippen MR) is 96.7 cm³/mol. The number of nitrogens with zero attached hydrogens (tertiary/aromatic N) is 1. The molecule has 0 spiro atoms. The fourth-order valence-corrected chi connectivity index (χ4v) is 4.85. The number of allylic oxidation sites excluding steroid dienone is 1. The number of benzene rings is 1. The van der Waals surface area contributed by atoms with Gasteiger partial charge in [-0.1, -0.05) is 53.4 Å². The Bertz CT molecular complexity index is 643. The first-order chi connectivity index (χ1) is 10.4. The van der Waals surface area contributed by atoms with Crippen molar-refractivity contribution in [2.45, 2.75) is 44.6 Å². The van der Waals surface area contributed by atoms with Gasteiger partial charge in [-0.2, -0.15) is 0 Å². The monoisotopic (exact) mass is 386 g/mol. The Hall–Kier alpha value is -1.01. The second kappa shape index (κ2) is 7.51. The van der Waals surface area contributed by atoms with Gasteiger partial charge in [-0.25, -0.2) is 8.42 Å². The van der Waals surface area contributed by atoms with Crippen molar-refractivity contribution in [3.63, 3.8) is 0 Å². The van der Waals surface area contributed by atoms with Crippen LogP contribution in [0.4, 0.5) is 11.4 Å². The van der Waals surface area contributed by atoms with E-state index in [1.165, 1.54) is 17.0 Å². The lowest BCUT2D eigenvalue weighted by Gasteiger charge is -2.32. The number of nitrogens with two attached hydrogens (primary N) is 1. The zero-order valence-corrected chi connectivity index (χ0v) is 15.2. The molecule has 0 amide bonds. The van der Waals surface area contributed by atoms with Crippen LogP contribution in [-0.4, -0.2) is 20.7 Å². The summed E-state index contributed by atoms with van der Waals surface area (Å²) in [6.45, 7) is 0. The van der Waals surface area contributed by atoms with Crippen LogP contribution in [0.1, 0.15) is 38.5 Å². The number of sulfonamides is 1. The highest BCUT2D eigenvalue weighted by Gasteiger charge is 2.30. The van der Waals surface area contributed by atoms with Crippen LogP contribution in [0.5, 0.6) is 0 Å². The van der Waals surface area contributed by atoms with E-state index < -0.39 is 10.0 Å². The molecule has 22 heavy (non-hydrogen) atoms. The second-order valence-electron chi connectivity index (χ2n) is 5.71. The van der Waals surface area contributed by atoms with Gasteiger partial charge in [0.05, 0.1) is 23.7 Å². The molecule has 2 N–H and O–H groups in total. The van der Waals surface area contributed by atoms with Gasteiger partial charge in [0, 0.05) is 4.48 Å². The van der Waals surface area contributed by atoms with Crippen LogP contribution in [0.3, 0.4) is 0 Å². The van der Waals surface area contributed by atoms with E-state index in [9.17, 15) is 8.42 Å². The van der Waals surface area contributed by atoms with E-state index >= 15 is 0 Å². The summed E-state index contributed by atoms with van der Waals surface area (Å²) in [5.41, 5.74) is 7.07. The van der Waals surface area contributed by atoms with Crippen molar-refractivity contribution in [2.24, 2.45) is 0 Å². The Kier molecular flexibility index (Phi) is 5.92. The Balaban J connectivity index is 2.48. The number of rotatable bonds is 3. The van der Waals surface area contributed by atoms with Crippen molar-refractivity contribution >= 4 is 37.3 Å². The molecule has 0 aliphatic heterocycles. The summed E-state index contributed by atoms with van der Waals surface area (Å²) in [6.07, 6.45) is 9.58. The molecule has 0 heterocycles. The molecule has 1 aromatic carbocycles. The SMILES string of the molecule is CS(=O)(=O)N(c1ccccc1N)C1CCCCCC/C=C/1Br. The number of anilines is 2. The van der Waals surface area contributed by atoms with Crippen LogP contribution in [0.2, 0.25) is 0 Å². The number of para-hydroxylation sites is 2. The summed E-state index contributed by atoms with van der Waals surface area (Å²) in [4.78, 5) is 0. The van der Waals surface area contributed by atoms with Crippen LogP contribution in [0, 0.1) is 0 Å². The molecule has 0 bridgehead atoms. The van der Waals surface area contributed by atoms with Crippen LogP contribution in [0.15, 0.2) is 34.8 Å². The topological polar surface area (TPSA) is 63.4 Å². The summed E-state index contributed by atoms with van der Waals surface area (Å²) in [5.74, 6) is 0. The van der Waals surface area contributed by atoms with E-state index in [2.05, 4.69) is 22.0 Å². The van der Waals surface area contributed by atoms with Gasteiger partial charge in [-0.05, 0) is 31.4 Å². The molecule has 2 rings (SSSR count). The van der Waals surface area contributed by atoms with Crippen molar-refractivity contribution in [1.82, 2.24) is 0 Å². The first-order valence-electron chi connectivity index (χ1n) is 7.60. The van der Waals surface area contributed by atoms with E-state index in [0.717, 1.165) is 36.6 Å². The minimum atomic E-state index is -3.43. The van der Waals surface area contributed by atoms with Crippen LogP contribution >= 0.6 is 15.9 Å². The lowest BCUT2D eigenvalue weighted by Crippen LogP contribution is -2.40. The van der Waals surface area contributed by atoms with Gasteiger partial charge in [-0.3, -0.25) is 4.31 Å². The molecule has 0 fully saturated rings. The van der Waals surface area contributed by atoms with Crippen LogP contribution in [-0.2, 0) is 10.0 Å². The van der Waals surface area contributed by atoms with Crippen molar-refractivity contribution < 1.29 is 8.42 Å². The standard InChI is InChI=1S/C16H23BrN2O2S/c1-22(20,21)19(16-12-8-7-10-14(16)18)15-11-6-4-2-3-5-9-13(15)17/h7-10,12,15H,2-6,11,18H2,1H3/b13-9-. The smallest absolute Gasteiger partial charge is 0.232 e. The van der Waals surface area contributed by atoms with Gasteiger partial charge < -0.3 is 5.73 Å². The van der Waals surface area contributed by atoms with Gasteiger partial charge >= 0.3 is 0 Å². The highest BCUT2D eigenvalue weighted by Crippen LogP contribution is 2.34. The van der Waals surface area contributed by atoms with Crippen molar-refractivity contribution in [1.29, 1.82) is 0 Å². The van der Waals surface area contributed by atoms with Crippen molar-refractivity contribution in [3.8, 4) is 0 Å². The molecule has 1 aliphatic rings. The number of nitrogen functional groups attached to an aromatic ring is 1. The molecular weight excluding hydrogens is 364 g/mol. The molecule has 0 radical (unpaired) electrons. The summed E-state index contributed by atoms with van der Waals surface area (Å²) in [7, 11) is -3.43. The Morgan fingerprint density at radius 2 is 1.86 bits per heavy atom. The summed E-state index contributed by atoms with van der Waals surface area (Å²) in [6, 6.07) is 6.91. The Morgan fingerprint density at radius 3 is 2.55 bits per heavy atom. The first kappa shape index (κ1) is 17.3. The fraction of sp³-hybridized carbons (Fsp3) is 0.500. The predicted octanol–water partition coefficient (Wildman–Crippen LogP) is 4.04. The third-order valence-corrected chi connectivity index (χ3v) is 5.92. The fourth-order valence-electron chi connectivity index (χ4n) is 2.84. The molecule has 1 unspecified atom stereocenters. The molecule has 1 aliphatic carbocycles. The molecule has 4 nitrogen and oxygen atoms in total. The van der Waals surface area contributed by atoms with E-state index in [1.807, 2.05) is 12.1 Å². The summed E-state index contributed by atoms with van der Waals surface area (Å²) >= 11 is 3.60. The van der Waals surface area contributed by atoms with Crippen LogP contribution in [0.25, 0.3) is 0 Å². The molecule has 0 aromatic heterocycles. The lowest BCUT2D eigenvalue weighted by molar-refractivity contribution is 0.570. The maximum Gasteiger partial charge on any atom is 0.232 e. The number of hydrogen-bond acceptors (Lipinski definition) is 3. The van der Waals surface area contributed by atoms with E-state index in [4.69, 9.17) is 5.73 Å². The van der Waals surface area contributed by atoms with Gasteiger partial charge in [0.2, 0.25) is 10.0 Å². The van der Waals surface area contributed by atoms with Gasteiger partial charge in [-0.15, -0.1) is 0 Å². The normalized spacial score (nSPS) is 22.8. The molecule has 6 heteroatoms. The highest BCUT2D eigenvalue weighted by atomic mass is 79.9. The number of halogens is 1. The quantitative estimate of drug-likeness (QED) is 0.797. The lowest BCUT2D eigenvalue weighted by atomic mass is 10.1. The molecule has 0 saturated carbocycles. The molecule has 1 aromatic rings. The molecule has 122 valence electrons. The summed E-state index contributed by atoms with van der Waals surface area (Å²) < 4.78 is 27.3. The largest absolute Gasteiger partial charge is 0.397 e. The first-order valence-corrected chi connectivity index (χ1v) is 10.2. The zero-order chi connectivity index (χ0) is 16.2. The summed E-state index contributed by atoms with van der Waals surface area (Å²) in [5, 5.41) is 0. The second-order valence-corrected chi connectivity index (χ2v) is 8.49. The van der Waals surface area contributed by atoms with Crippen molar-refractivity contribution in [2.75, 3.05) is 16.3 Å². The highest BCUT2D eigenvalue weighted by molar-refractivity contribution is 9.11. The van der Waals surface area contributed by atoms with E-state index in [-0.39, 0.29) is 6.04 Å². The van der Waals surface area contributed by atoms with Crippen LogP contribution < -0.4 is 10.0 Å². The maximum absolute atomic E-state index is 12.4. The van der Waals surface area contributed by atoms with Gasteiger partial charge in [0.15, 0.2) is 0 Å². The molecular formula is C16H23BrN2O2S. The third-order valence-electron chi connectivity index (χ3n) is 3.90. The van der Waals surface area contributed by atoms with Gasteiger partial charge in [0.1, 0.15) is 0 Å². The molecule has 1 atom stereocenters. The maximum atomic E-state index is 12.4. The average molecular weight is 387 g/mol. The van der Waals surface area contributed by atoms with Crippen molar-refractivity contribution in [3.05, 3.63) is 34.8 Å². The Labute approximate surface area is 141 Å². The van der Waals surface area contributed by atoms with E-state index in [1.54, 1.807) is 12.1 Å². The zero-order valence-electron chi connectivity index (χ0n) is 12.8. The van der Waals surface area contributed by atoms with E-state index in [0.29, 0.717) is 11.4 Å². The minimum absolute atomic E-state index is 0.224. The third kappa shape index (κ3) is 4.26. The average Bonchev–Trinajstić information content (AvgIpc) is 2.54. The van der Waals surface area contributed by atoms with Gasteiger partial charge in [0.25, 0.3) is 0 Å². The number of hydrogen-bond donors (Lipinski definition) is 1. The Morgan fingerprint density at radius 1 is 1.18 bits per heavy atom. The molecule has 0 saturated heterocycles.